The van der Waals surface area contributed by atoms with Crippen molar-refractivity contribution in [2.45, 2.75) is 44.5 Å². The summed E-state index contributed by atoms with van der Waals surface area (Å²) in [7, 11) is 0. The second-order valence-electron chi connectivity index (χ2n) is 7.45. The number of carbonyl (C=O) groups excluding carboxylic acids is 2. The number of nitrogens with zero attached hydrogens (tertiary/aromatic N) is 3. The maximum Gasteiger partial charge on any atom is 0.259 e. The Hall–Kier alpha value is -3.00. The summed E-state index contributed by atoms with van der Waals surface area (Å²) in [5, 5.41) is 2.84. The van der Waals surface area contributed by atoms with Gasteiger partial charge in [-0.2, -0.15) is 0 Å². The van der Waals surface area contributed by atoms with Crippen molar-refractivity contribution in [1.82, 2.24) is 10.2 Å². The lowest BCUT2D eigenvalue weighted by Gasteiger charge is -2.26. The number of rotatable bonds is 6. The minimum Gasteiger partial charge on any atom is -0.351 e. The summed E-state index contributed by atoms with van der Waals surface area (Å²) in [6.07, 6.45) is 1.52. The number of hydrogen-bond donors (Lipinski definition) is 1. The van der Waals surface area contributed by atoms with Crippen LogP contribution in [0, 0.1) is 5.82 Å². The van der Waals surface area contributed by atoms with Crippen LogP contribution in [-0.4, -0.2) is 39.0 Å². The van der Waals surface area contributed by atoms with Gasteiger partial charge in [0, 0.05) is 12.1 Å². The smallest absolute Gasteiger partial charge is 0.259 e. The molecule has 0 aromatic heterocycles. The molecule has 2 aromatic rings. The number of para-hydroxylation sites is 1. The Labute approximate surface area is 184 Å². The van der Waals surface area contributed by atoms with Crippen LogP contribution in [-0.2, 0) is 16.1 Å². The summed E-state index contributed by atoms with van der Waals surface area (Å²) >= 11 is 1.23. The summed E-state index contributed by atoms with van der Waals surface area (Å²) in [4.78, 5) is 36.6. The van der Waals surface area contributed by atoms with E-state index < -0.39 is 11.3 Å². The maximum absolute atomic E-state index is 13.0. The Morgan fingerprint density at radius 3 is 2.71 bits per heavy atom. The molecule has 0 bridgehead atoms. The highest BCUT2D eigenvalue weighted by Crippen LogP contribution is 2.35. The van der Waals surface area contributed by atoms with Crippen molar-refractivity contribution in [3.63, 3.8) is 0 Å². The molecule has 160 valence electrons. The minimum atomic E-state index is -0.483. The molecular weight excluding hydrogens is 415 g/mol. The molecule has 0 radical (unpaired) electrons. The first-order chi connectivity index (χ1) is 15.0. The normalized spacial score (nSPS) is 18.1. The first-order valence-electron chi connectivity index (χ1n) is 10.3. The zero-order valence-electron chi connectivity index (χ0n) is 17.3. The number of benzene rings is 2. The number of thioether (sulfide) groups is 1. The van der Waals surface area contributed by atoms with Crippen LogP contribution >= 0.6 is 11.8 Å². The number of fused-ring (bicyclic) bond motifs is 3. The van der Waals surface area contributed by atoms with Crippen molar-refractivity contribution < 1.29 is 14.0 Å². The lowest BCUT2D eigenvalue weighted by atomic mass is 10.1. The van der Waals surface area contributed by atoms with Gasteiger partial charge in [0.25, 0.3) is 5.91 Å². The van der Waals surface area contributed by atoms with Gasteiger partial charge in [-0.3, -0.25) is 14.6 Å². The van der Waals surface area contributed by atoms with Gasteiger partial charge in [-0.15, -0.1) is 0 Å². The van der Waals surface area contributed by atoms with Crippen LogP contribution in [0.2, 0.25) is 0 Å². The summed E-state index contributed by atoms with van der Waals surface area (Å²) in [6, 6.07) is 13.2. The van der Waals surface area contributed by atoms with Crippen molar-refractivity contribution in [2.75, 3.05) is 0 Å². The van der Waals surface area contributed by atoms with Crippen molar-refractivity contribution in [3.8, 4) is 0 Å². The predicted molar refractivity (Wildman–Crippen MR) is 121 cm³/mol. The highest BCUT2D eigenvalue weighted by atomic mass is 32.2. The molecule has 0 spiro atoms. The van der Waals surface area contributed by atoms with Gasteiger partial charge < -0.3 is 5.32 Å². The quantitative estimate of drug-likeness (QED) is 0.740. The van der Waals surface area contributed by atoms with Gasteiger partial charge in [0.05, 0.1) is 10.9 Å². The number of amidine groups is 2. The van der Waals surface area contributed by atoms with Crippen molar-refractivity contribution >= 4 is 40.3 Å². The fraction of sp³-hybridized carbons (Fsp3) is 0.304. The Morgan fingerprint density at radius 1 is 1.23 bits per heavy atom. The SMILES string of the molecule is CCC[C@H]1N=C2c3ccccc3N=C(S[C@@H](C)C(=O)NCc3ccc(F)cc3)N2C1=O. The number of amides is 2. The van der Waals surface area contributed by atoms with E-state index >= 15 is 0 Å². The Balaban J connectivity index is 1.51. The van der Waals surface area contributed by atoms with Crippen molar-refractivity contribution in [2.24, 2.45) is 9.98 Å². The van der Waals surface area contributed by atoms with E-state index in [4.69, 9.17) is 0 Å². The van der Waals surface area contributed by atoms with Gasteiger partial charge in [-0.25, -0.2) is 14.3 Å². The average molecular weight is 439 g/mol. The standard InChI is InChI=1S/C23H23FN4O2S/c1-3-6-19-22(30)28-20(26-19)17-7-4-5-8-18(17)27-23(28)31-14(2)21(29)25-13-15-9-11-16(24)12-10-15/h4-5,7-12,14,19H,3,6,13H2,1-2H3,(H,25,29)/t14-,19+/m0/s1. The van der Waals surface area contributed by atoms with Crippen LogP contribution in [0.3, 0.4) is 0 Å². The van der Waals surface area contributed by atoms with Crippen molar-refractivity contribution in [1.29, 1.82) is 0 Å². The molecule has 0 fully saturated rings. The third kappa shape index (κ3) is 4.39. The van der Waals surface area contributed by atoms with E-state index in [1.807, 2.05) is 31.2 Å². The molecule has 8 heteroatoms. The summed E-state index contributed by atoms with van der Waals surface area (Å²) < 4.78 is 13.0. The molecule has 2 aromatic carbocycles. The lowest BCUT2D eigenvalue weighted by molar-refractivity contribution is -0.124. The molecule has 2 aliphatic rings. The Bertz CT molecular complexity index is 1070. The van der Waals surface area contributed by atoms with E-state index in [0.717, 1.165) is 23.2 Å². The van der Waals surface area contributed by atoms with E-state index in [1.165, 1.54) is 23.9 Å². The molecule has 2 heterocycles. The van der Waals surface area contributed by atoms with Gasteiger partial charge in [0.15, 0.2) is 5.17 Å². The molecule has 0 saturated heterocycles. The molecule has 0 unspecified atom stereocenters. The third-order valence-corrected chi connectivity index (χ3v) is 6.19. The molecular formula is C23H23FN4O2S. The highest BCUT2D eigenvalue weighted by Gasteiger charge is 2.41. The van der Waals surface area contributed by atoms with Crippen LogP contribution in [0.15, 0.2) is 58.5 Å². The molecule has 2 aliphatic heterocycles. The second kappa shape index (κ2) is 9.01. The topological polar surface area (TPSA) is 74.1 Å². The van der Waals surface area contributed by atoms with Crippen molar-refractivity contribution in [3.05, 3.63) is 65.5 Å². The van der Waals surface area contributed by atoms with Gasteiger partial charge in [0.2, 0.25) is 5.91 Å². The zero-order valence-corrected chi connectivity index (χ0v) is 18.2. The van der Waals surface area contributed by atoms with E-state index in [1.54, 1.807) is 24.0 Å². The average Bonchev–Trinajstić information content (AvgIpc) is 3.10. The molecule has 2 atom stereocenters. The van der Waals surface area contributed by atoms with Gasteiger partial charge in [0.1, 0.15) is 17.7 Å². The number of aliphatic imine (C=N–C) groups is 2. The van der Waals surface area contributed by atoms with Gasteiger partial charge >= 0.3 is 0 Å². The molecule has 31 heavy (non-hydrogen) atoms. The van der Waals surface area contributed by atoms with E-state index in [0.29, 0.717) is 24.0 Å². The van der Waals surface area contributed by atoms with E-state index in [9.17, 15) is 14.0 Å². The van der Waals surface area contributed by atoms with Crippen LogP contribution in [0.25, 0.3) is 0 Å². The predicted octanol–water partition coefficient (Wildman–Crippen LogP) is 4.02. The van der Waals surface area contributed by atoms with Crippen LogP contribution in [0.5, 0.6) is 0 Å². The first kappa shape index (κ1) is 21.2. The molecule has 0 aliphatic carbocycles. The molecule has 0 saturated carbocycles. The minimum absolute atomic E-state index is 0.100. The molecule has 6 nitrogen and oxygen atoms in total. The summed E-state index contributed by atoms with van der Waals surface area (Å²) in [5.74, 6) is 0.00170. The molecule has 4 rings (SSSR count). The third-order valence-electron chi connectivity index (χ3n) is 5.14. The van der Waals surface area contributed by atoms with Crippen LogP contribution < -0.4 is 5.32 Å². The second-order valence-corrected chi connectivity index (χ2v) is 8.75. The zero-order chi connectivity index (χ0) is 22.0. The molecule has 1 N–H and O–H groups in total. The van der Waals surface area contributed by atoms with Crippen LogP contribution in [0.4, 0.5) is 10.1 Å². The van der Waals surface area contributed by atoms with Crippen LogP contribution in [0.1, 0.15) is 37.8 Å². The van der Waals surface area contributed by atoms with E-state index in [-0.39, 0.29) is 17.6 Å². The Kier molecular flexibility index (Phi) is 6.18. The first-order valence-corrected chi connectivity index (χ1v) is 11.1. The van der Waals surface area contributed by atoms with Gasteiger partial charge in [-0.1, -0.05) is 49.4 Å². The largest absolute Gasteiger partial charge is 0.351 e. The number of nitrogens with one attached hydrogen (secondary N) is 1. The fourth-order valence-corrected chi connectivity index (χ4v) is 4.43. The highest BCUT2D eigenvalue weighted by molar-refractivity contribution is 8.15. The van der Waals surface area contributed by atoms with Gasteiger partial charge in [-0.05, 0) is 43.2 Å². The number of carbonyl (C=O) groups is 2. The Morgan fingerprint density at radius 2 is 1.97 bits per heavy atom. The summed E-state index contributed by atoms with van der Waals surface area (Å²) in [5.41, 5.74) is 2.37. The number of hydrogen-bond acceptors (Lipinski definition) is 5. The number of halogens is 1. The molecule has 2 amide bonds. The van der Waals surface area contributed by atoms with E-state index in [2.05, 4.69) is 15.3 Å². The maximum atomic E-state index is 13.0. The lowest BCUT2D eigenvalue weighted by Crippen LogP contribution is -2.42. The fourth-order valence-electron chi connectivity index (χ4n) is 3.49. The summed E-state index contributed by atoms with van der Waals surface area (Å²) in [6.45, 7) is 4.10. The monoisotopic (exact) mass is 438 g/mol.